The predicted molar refractivity (Wildman–Crippen MR) is 123 cm³/mol. The molecule has 2 N–H and O–H groups in total. The molecule has 0 saturated heterocycles. The number of amides is 1. The summed E-state index contributed by atoms with van der Waals surface area (Å²) in [6, 6.07) is 14.7. The molecule has 32 heavy (non-hydrogen) atoms. The highest BCUT2D eigenvalue weighted by Gasteiger charge is 2.14. The van der Waals surface area contributed by atoms with Crippen molar-refractivity contribution in [2.75, 3.05) is 40.3 Å². The van der Waals surface area contributed by atoms with Crippen LogP contribution in [0.5, 0.6) is 23.0 Å². The van der Waals surface area contributed by atoms with Crippen molar-refractivity contribution in [3.63, 3.8) is 0 Å². The normalized spacial score (nSPS) is 10.2. The lowest BCUT2D eigenvalue weighted by molar-refractivity contribution is 0.0954. The zero-order chi connectivity index (χ0) is 22.9. The number of pyridine rings is 1. The van der Waals surface area contributed by atoms with Gasteiger partial charge in [-0.2, -0.15) is 0 Å². The highest BCUT2D eigenvalue weighted by atomic mass is 16.5. The number of ether oxygens (including phenoxy) is 4. The van der Waals surface area contributed by atoms with Crippen LogP contribution in [0.4, 0.5) is 11.5 Å². The Labute approximate surface area is 187 Å². The van der Waals surface area contributed by atoms with E-state index < -0.39 is 0 Å². The molecule has 0 fully saturated rings. The second kappa shape index (κ2) is 10.9. The summed E-state index contributed by atoms with van der Waals surface area (Å²) in [6.07, 6.45) is 2.30. The summed E-state index contributed by atoms with van der Waals surface area (Å²) >= 11 is 0. The molecule has 3 aromatic rings. The van der Waals surface area contributed by atoms with Crippen LogP contribution >= 0.6 is 0 Å². The molecular weight excluding hydrogens is 410 g/mol. The van der Waals surface area contributed by atoms with Gasteiger partial charge in [0.2, 0.25) is 5.75 Å². The molecule has 0 atom stereocenters. The van der Waals surface area contributed by atoms with Crippen LogP contribution in [0.1, 0.15) is 15.9 Å². The maximum absolute atomic E-state index is 12.6. The largest absolute Gasteiger partial charge is 0.497 e. The summed E-state index contributed by atoms with van der Waals surface area (Å²) in [7, 11) is 6.28. The Morgan fingerprint density at radius 2 is 1.56 bits per heavy atom. The number of carbonyl (C=O) groups is 1. The standard InChI is InChI=1S/C24H27N3O5/c1-29-19-7-5-16(6-8-19)9-11-26-24(28)17-10-12-25-22(13-17)27-18-14-20(30-2)23(32-4)21(15-18)31-3/h5-8,10,12-15H,9,11H2,1-4H3,(H,25,27)(H,26,28). The first-order valence-corrected chi connectivity index (χ1v) is 10.0. The third-order valence-corrected chi connectivity index (χ3v) is 4.82. The van der Waals surface area contributed by atoms with E-state index in [-0.39, 0.29) is 5.91 Å². The molecule has 8 heteroatoms. The van der Waals surface area contributed by atoms with E-state index >= 15 is 0 Å². The van der Waals surface area contributed by atoms with Gasteiger partial charge in [0.1, 0.15) is 11.6 Å². The summed E-state index contributed by atoms with van der Waals surface area (Å²) in [4.78, 5) is 16.9. The van der Waals surface area contributed by atoms with Gasteiger partial charge in [-0.3, -0.25) is 4.79 Å². The first kappa shape index (κ1) is 22.7. The number of methoxy groups -OCH3 is 4. The quantitative estimate of drug-likeness (QED) is 0.498. The van der Waals surface area contributed by atoms with Crippen LogP contribution in [0, 0.1) is 0 Å². The number of rotatable bonds is 10. The molecule has 8 nitrogen and oxygen atoms in total. The summed E-state index contributed by atoms with van der Waals surface area (Å²) < 4.78 is 21.3. The first-order chi connectivity index (χ1) is 15.6. The molecule has 0 spiro atoms. The van der Waals surface area contributed by atoms with Gasteiger partial charge < -0.3 is 29.6 Å². The lowest BCUT2D eigenvalue weighted by Gasteiger charge is -2.15. The van der Waals surface area contributed by atoms with E-state index in [1.165, 1.54) is 0 Å². The van der Waals surface area contributed by atoms with E-state index in [2.05, 4.69) is 15.6 Å². The van der Waals surface area contributed by atoms with Gasteiger partial charge in [0.25, 0.3) is 5.91 Å². The maximum Gasteiger partial charge on any atom is 0.251 e. The summed E-state index contributed by atoms with van der Waals surface area (Å²) in [5, 5.41) is 6.11. The molecule has 0 unspecified atom stereocenters. The van der Waals surface area contributed by atoms with Gasteiger partial charge >= 0.3 is 0 Å². The lowest BCUT2D eigenvalue weighted by Crippen LogP contribution is -2.25. The zero-order valence-electron chi connectivity index (χ0n) is 18.6. The summed E-state index contributed by atoms with van der Waals surface area (Å²) in [6.45, 7) is 0.517. The minimum absolute atomic E-state index is 0.172. The third kappa shape index (κ3) is 5.60. The number of anilines is 2. The Kier molecular flexibility index (Phi) is 7.75. The molecular formula is C24H27N3O5. The molecule has 3 rings (SSSR count). The number of benzene rings is 2. The van der Waals surface area contributed by atoms with Crippen molar-refractivity contribution in [2.24, 2.45) is 0 Å². The number of nitrogens with one attached hydrogen (secondary N) is 2. The lowest BCUT2D eigenvalue weighted by atomic mass is 10.1. The molecule has 0 aliphatic heterocycles. The molecule has 0 aliphatic rings. The Hall–Kier alpha value is -3.94. The fraction of sp³-hybridized carbons (Fsp3) is 0.250. The Morgan fingerprint density at radius 1 is 0.875 bits per heavy atom. The number of hydrogen-bond donors (Lipinski definition) is 2. The van der Waals surface area contributed by atoms with Crippen molar-refractivity contribution >= 4 is 17.4 Å². The first-order valence-electron chi connectivity index (χ1n) is 10.0. The number of nitrogens with zero attached hydrogens (tertiary/aromatic N) is 1. The molecule has 1 heterocycles. The van der Waals surface area contributed by atoms with Gasteiger partial charge in [-0.1, -0.05) is 12.1 Å². The smallest absolute Gasteiger partial charge is 0.251 e. The van der Waals surface area contributed by atoms with Crippen LogP contribution in [0.15, 0.2) is 54.7 Å². The highest BCUT2D eigenvalue weighted by Crippen LogP contribution is 2.40. The molecule has 0 saturated carbocycles. The van der Waals surface area contributed by atoms with Crippen LogP contribution in [-0.4, -0.2) is 45.9 Å². The fourth-order valence-corrected chi connectivity index (χ4v) is 3.16. The van der Waals surface area contributed by atoms with E-state index in [9.17, 15) is 4.79 Å². The molecule has 168 valence electrons. The van der Waals surface area contributed by atoms with Crippen LogP contribution in [0.3, 0.4) is 0 Å². The van der Waals surface area contributed by atoms with Gasteiger partial charge in [-0.05, 0) is 36.2 Å². The van der Waals surface area contributed by atoms with Crippen molar-refractivity contribution < 1.29 is 23.7 Å². The van der Waals surface area contributed by atoms with Crippen LogP contribution < -0.4 is 29.6 Å². The van der Waals surface area contributed by atoms with Gasteiger partial charge in [0.15, 0.2) is 11.5 Å². The van der Waals surface area contributed by atoms with Gasteiger partial charge in [-0.25, -0.2) is 4.98 Å². The third-order valence-electron chi connectivity index (χ3n) is 4.82. The van der Waals surface area contributed by atoms with Gasteiger partial charge in [0, 0.05) is 36.1 Å². The van der Waals surface area contributed by atoms with Crippen molar-refractivity contribution in [1.82, 2.24) is 10.3 Å². The molecule has 0 aliphatic carbocycles. The second-order valence-corrected chi connectivity index (χ2v) is 6.82. The maximum atomic E-state index is 12.6. The molecule has 0 bridgehead atoms. The average molecular weight is 437 g/mol. The van der Waals surface area contributed by atoms with E-state index in [0.717, 1.165) is 17.7 Å². The summed E-state index contributed by atoms with van der Waals surface area (Å²) in [5.41, 5.74) is 2.30. The van der Waals surface area contributed by atoms with Gasteiger partial charge in [-0.15, -0.1) is 0 Å². The van der Waals surface area contributed by atoms with E-state index in [1.54, 1.807) is 58.9 Å². The number of carbonyl (C=O) groups excluding carboxylic acids is 1. The van der Waals surface area contributed by atoms with Crippen molar-refractivity contribution in [3.05, 3.63) is 65.9 Å². The Bertz CT molecular complexity index is 1030. The van der Waals surface area contributed by atoms with Crippen molar-refractivity contribution in [3.8, 4) is 23.0 Å². The Balaban J connectivity index is 1.65. The summed E-state index contributed by atoms with van der Waals surface area (Å²) in [5.74, 6) is 2.68. The topological polar surface area (TPSA) is 90.9 Å². The zero-order valence-corrected chi connectivity index (χ0v) is 18.6. The average Bonchev–Trinajstić information content (AvgIpc) is 2.83. The van der Waals surface area contributed by atoms with E-state index in [0.29, 0.717) is 40.9 Å². The van der Waals surface area contributed by atoms with E-state index in [4.69, 9.17) is 18.9 Å². The van der Waals surface area contributed by atoms with Crippen molar-refractivity contribution in [1.29, 1.82) is 0 Å². The predicted octanol–water partition coefficient (Wildman–Crippen LogP) is 3.83. The molecule has 0 radical (unpaired) electrons. The molecule has 1 aromatic heterocycles. The second-order valence-electron chi connectivity index (χ2n) is 6.82. The SMILES string of the molecule is COc1ccc(CCNC(=O)c2ccnc(Nc3cc(OC)c(OC)c(OC)c3)c2)cc1. The minimum atomic E-state index is -0.172. The van der Waals surface area contributed by atoms with Crippen LogP contribution in [0.25, 0.3) is 0 Å². The van der Waals surface area contributed by atoms with Crippen molar-refractivity contribution in [2.45, 2.75) is 6.42 Å². The van der Waals surface area contributed by atoms with Gasteiger partial charge in [0.05, 0.1) is 28.4 Å². The minimum Gasteiger partial charge on any atom is -0.497 e. The fourth-order valence-electron chi connectivity index (χ4n) is 3.16. The Morgan fingerprint density at radius 3 is 2.16 bits per heavy atom. The molecule has 1 amide bonds. The van der Waals surface area contributed by atoms with Crippen LogP contribution in [-0.2, 0) is 6.42 Å². The van der Waals surface area contributed by atoms with Crippen LogP contribution in [0.2, 0.25) is 0 Å². The highest BCUT2D eigenvalue weighted by molar-refractivity contribution is 5.94. The van der Waals surface area contributed by atoms with E-state index in [1.807, 2.05) is 24.3 Å². The molecule has 2 aromatic carbocycles. The number of hydrogen-bond acceptors (Lipinski definition) is 7. The number of aromatic nitrogens is 1. The monoisotopic (exact) mass is 437 g/mol.